The van der Waals surface area contributed by atoms with Crippen LogP contribution in [0.15, 0.2) is 24.5 Å². The first-order valence-corrected chi connectivity index (χ1v) is 8.79. The fraction of sp³-hybridized carbons (Fsp3) is 0.421. The van der Waals surface area contributed by atoms with Gasteiger partial charge in [-0.3, -0.25) is 4.79 Å². The maximum atomic E-state index is 12.8. The van der Waals surface area contributed by atoms with Crippen LogP contribution in [0.25, 0.3) is 0 Å². The molecule has 1 aromatic heterocycles. The minimum absolute atomic E-state index is 0.101. The van der Waals surface area contributed by atoms with Crippen LogP contribution in [0.1, 0.15) is 34.5 Å². The summed E-state index contributed by atoms with van der Waals surface area (Å²) in [6.45, 7) is 1.17. The molecule has 2 heterocycles. The third-order valence-electron chi connectivity index (χ3n) is 4.81. The molecule has 4 rings (SSSR count). The topological polar surface area (TPSA) is 76.6 Å². The van der Waals surface area contributed by atoms with Gasteiger partial charge in [-0.1, -0.05) is 0 Å². The van der Waals surface area contributed by atoms with E-state index in [9.17, 15) is 4.79 Å². The summed E-state index contributed by atoms with van der Waals surface area (Å²) in [5.74, 6) is 2.02. The summed E-state index contributed by atoms with van der Waals surface area (Å²) >= 11 is 0. The third kappa shape index (κ3) is 3.29. The van der Waals surface area contributed by atoms with Gasteiger partial charge >= 0.3 is 0 Å². The number of carbonyl (C=O) groups excluding carboxylic acids is 1. The maximum Gasteiger partial charge on any atom is 0.274 e. The summed E-state index contributed by atoms with van der Waals surface area (Å²) in [7, 11) is 3.24. The number of ether oxygens (including phenoxy) is 2. The third-order valence-corrected chi connectivity index (χ3v) is 4.81. The van der Waals surface area contributed by atoms with Crippen molar-refractivity contribution in [3.8, 4) is 11.5 Å². The number of carbonyl (C=O) groups is 1. The highest BCUT2D eigenvalue weighted by Gasteiger charge is 2.25. The SMILES string of the molecule is COc1cc2c(cc1OC)CN(C(=O)c1cnc(NC3CC3)cn1)CC2. The smallest absolute Gasteiger partial charge is 0.274 e. The standard InChI is InChI=1S/C19H22N4O3/c1-25-16-7-12-5-6-23(11-13(12)8-17(16)26-2)19(24)15-9-21-18(10-20-15)22-14-3-4-14/h7-10,14H,3-6,11H2,1-2H3,(H,21,22). The average Bonchev–Trinajstić information content (AvgIpc) is 3.50. The van der Waals surface area contributed by atoms with Crippen LogP contribution in [0, 0.1) is 0 Å². The van der Waals surface area contributed by atoms with Gasteiger partial charge < -0.3 is 19.7 Å². The zero-order chi connectivity index (χ0) is 18.1. The molecule has 0 saturated heterocycles. The van der Waals surface area contributed by atoms with Gasteiger partial charge in [0.05, 0.1) is 26.6 Å². The van der Waals surface area contributed by atoms with Crippen molar-refractivity contribution in [1.29, 1.82) is 0 Å². The monoisotopic (exact) mass is 354 g/mol. The number of amides is 1. The molecule has 2 aliphatic rings. The number of nitrogens with one attached hydrogen (secondary N) is 1. The summed E-state index contributed by atoms with van der Waals surface area (Å²) in [4.78, 5) is 23.2. The van der Waals surface area contributed by atoms with E-state index in [-0.39, 0.29) is 5.91 Å². The van der Waals surface area contributed by atoms with Gasteiger partial charge in [-0.05, 0) is 42.5 Å². The van der Waals surface area contributed by atoms with Crippen LogP contribution in [-0.4, -0.2) is 47.6 Å². The Labute approximate surface area is 152 Å². The number of benzene rings is 1. The Bertz CT molecular complexity index is 818. The summed E-state index contributed by atoms with van der Waals surface area (Å²) in [5.41, 5.74) is 2.62. The molecule has 1 fully saturated rings. The summed E-state index contributed by atoms with van der Waals surface area (Å²) in [6, 6.07) is 4.45. The van der Waals surface area contributed by atoms with Gasteiger partial charge in [0.25, 0.3) is 5.91 Å². The van der Waals surface area contributed by atoms with Crippen LogP contribution in [0.3, 0.4) is 0 Å². The molecule has 1 amide bonds. The van der Waals surface area contributed by atoms with Crippen molar-refractivity contribution in [3.05, 3.63) is 41.3 Å². The number of nitrogens with zero attached hydrogens (tertiary/aromatic N) is 3. The fourth-order valence-corrected chi connectivity index (χ4v) is 3.17. The Balaban J connectivity index is 1.49. The molecule has 2 aromatic rings. The van der Waals surface area contributed by atoms with Crippen LogP contribution in [0.5, 0.6) is 11.5 Å². The van der Waals surface area contributed by atoms with E-state index < -0.39 is 0 Å². The Morgan fingerprint density at radius 1 is 1.12 bits per heavy atom. The van der Waals surface area contributed by atoms with Gasteiger partial charge in [-0.15, -0.1) is 0 Å². The molecular weight excluding hydrogens is 332 g/mol. The number of rotatable bonds is 5. The van der Waals surface area contributed by atoms with Crippen LogP contribution < -0.4 is 14.8 Å². The molecule has 0 radical (unpaired) electrons. The van der Waals surface area contributed by atoms with Crippen molar-refractivity contribution in [1.82, 2.24) is 14.9 Å². The van der Waals surface area contributed by atoms with Gasteiger partial charge in [0.15, 0.2) is 11.5 Å². The zero-order valence-corrected chi connectivity index (χ0v) is 15.0. The van der Waals surface area contributed by atoms with Crippen LogP contribution >= 0.6 is 0 Å². The number of hydrogen-bond acceptors (Lipinski definition) is 6. The minimum atomic E-state index is -0.101. The summed E-state index contributed by atoms with van der Waals surface area (Å²) in [6.07, 6.45) is 6.30. The van der Waals surface area contributed by atoms with Crippen molar-refractivity contribution >= 4 is 11.7 Å². The van der Waals surface area contributed by atoms with Gasteiger partial charge in [-0.25, -0.2) is 9.97 Å². The Hall–Kier alpha value is -2.83. The molecule has 26 heavy (non-hydrogen) atoms. The molecule has 136 valence electrons. The molecule has 1 aliphatic carbocycles. The predicted octanol–water partition coefficient (Wildman–Crippen LogP) is 2.27. The Kier molecular flexibility index (Phi) is 4.36. The highest BCUT2D eigenvalue weighted by Crippen LogP contribution is 2.33. The highest BCUT2D eigenvalue weighted by atomic mass is 16.5. The molecule has 0 spiro atoms. The van der Waals surface area contributed by atoms with E-state index in [0.29, 0.717) is 30.6 Å². The Morgan fingerprint density at radius 3 is 2.46 bits per heavy atom. The van der Waals surface area contributed by atoms with Crippen LogP contribution in [-0.2, 0) is 13.0 Å². The number of aromatic nitrogens is 2. The molecule has 0 atom stereocenters. The van der Waals surface area contributed by atoms with Crippen LogP contribution in [0.4, 0.5) is 5.82 Å². The average molecular weight is 354 g/mol. The quantitative estimate of drug-likeness (QED) is 0.888. The van der Waals surface area contributed by atoms with Crippen LogP contribution in [0.2, 0.25) is 0 Å². The fourth-order valence-electron chi connectivity index (χ4n) is 3.17. The second kappa shape index (κ2) is 6.82. The molecule has 7 nitrogen and oxygen atoms in total. The molecular formula is C19H22N4O3. The molecule has 1 aromatic carbocycles. The van der Waals surface area contributed by atoms with E-state index in [1.807, 2.05) is 12.1 Å². The van der Waals surface area contributed by atoms with Crippen molar-refractivity contribution in [2.24, 2.45) is 0 Å². The zero-order valence-electron chi connectivity index (χ0n) is 15.0. The second-order valence-corrected chi connectivity index (χ2v) is 6.66. The molecule has 0 bridgehead atoms. The summed E-state index contributed by atoms with van der Waals surface area (Å²) in [5, 5.41) is 3.27. The molecule has 1 aliphatic heterocycles. The lowest BCUT2D eigenvalue weighted by Crippen LogP contribution is -2.36. The van der Waals surface area contributed by atoms with E-state index in [1.165, 1.54) is 18.4 Å². The summed E-state index contributed by atoms with van der Waals surface area (Å²) < 4.78 is 10.7. The molecule has 7 heteroatoms. The van der Waals surface area contributed by atoms with Gasteiger partial charge in [-0.2, -0.15) is 0 Å². The van der Waals surface area contributed by atoms with Gasteiger partial charge in [0.2, 0.25) is 0 Å². The number of hydrogen-bond donors (Lipinski definition) is 1. The van der Waals surface area contributed by atoms with E-state index in [1.54, 1.807) is 31.5 Å². The van der Waals surface area contributed by atoms with E-state index in [2.05, 4.69) is 15.3 Å². The number of fused-ring (bicyclic) bond motifs is 1. The maximum absolute atomic E-state index is 12.8. The first-order valence-electron chi connectivity index (χ1n) is 8.79. The number of anilines is 1. The normalized spacial score (nSPS) is 16.0. The first-order chi connectivity index (χ1) is 12.7. The number of methoxy groups -OCH3 is 2. The van der Waals surface area contributed by atoms with Crippen molar-refractivity contribution in [3.63, 3.8) is 0 Å². The Morgan fingerprint density at radius 2 is 1.85 bits per heavy atom. The van der Waals surface area contributed by atoms with Gasteiger partial charge in [0, 0.05) is 19.1 Å². The minimum Gasteiger partial charge on any atom is -0.493 e. The second-order valence-electron chi connectivity index (χ2n) is 6.66. The van der Waals surface area contributed by atoms with Crippen molar-refractivity contribution in [2.75, 3.05) is 26.1 Å². The van der Waals surface area contributed by atoms with E-state index in [0.717, 1.165) is 23.6 Å². The van der Waals surface area contributed by atoms with Crippen molar-refractivity contribution < 1.29 is 14.3 Å². The lowest BCUT2D eigenvalue weighted by molar-refractivity contribution is 0.0728. The molecule has 1 saturated carbocycles. The van der Waals surface area contributed by atoms with Crippen molar-refractivity contribution in [2.45, 2.75) is 31.8 Å². The molecule has 0 unspecified atom stereocenters. The van der Waals surface area contributed by atoms with E-state index in [4.69, 9.17) is 9.47 Å². The lowest BCUT2D eigenvalue weighted by atomic mass is 9.98. The lowest BCUT2D eigenvalue weighted by Gasteiger charge is -2.29. The largest absolute Gasteiger partial charge is 0.493 e. The van der Waals surface area contributed by atoms with E-state index >= 15 is 0 Å². The predicted molar refractivity (Wildman–Crippen MR) is 96.7 cm³/mol. The highest BCUT2D eigenvalue weighted by molar-refractivity contribution is 5.92. The molecule has 1 N–H and O–H groups in total. The first kappa shape index (κ1) is 16.6. The van der Waals surface area contributed by atoms with Gasteiger partial charge in [0.1, 0.15) is 11.5 Å².